The fraction of sp³-hybridized carbons (Fsp3) is 0.765. The fourth-order valence-electron chi connectivity index (χ4n) is 3.90. The highest BCUT2D eigenvalue weighted by Gasteiger charge is 2.50. The Balaban J connectivity index is 1.37. The molecule has 1 heterocycles. The molecule has 2 aliphatic carbocycles. The van der Waals surface area contributed by atoms with Crippen LogP contribution in [0.2, 0.25) is 0 Å². The van der Waals surface area contributed by atoms with Crippen LogP contribution in [0.25, 0.3) is 0 Å². The molecule has 2 heteroatoms. The number of rotatable bonds is 6. The van der Waals surface area contributed by atoms with Gasteiger partial charge in [-0.25, -0.2) is 0 Å². The highest BCUT2D eigenvalue weighted by atomic mass is 15.1. The number of hydrogen-bond donors (Lipinski definition) is 1. The second kappa shape index (κ2) is 5.80. The zero-order valence-corrected chi connectivity index (χ0v) is 12.1. The first kappa shape index (κ1) is 13.4. The second-order valence-corrected chi connectivity index (χ2v) is 6.75. The van der Waals surface area contributed by atoms with Crippen LogP contribution in [0.5, 0.6) is 0 Å². The number of piperidine rings is 1. The molecule has 2 fully saturated rings. The Morgan fingerprint density at radius 2 is 2.05 bits per heavy atom. The summed E-state index contributed by atoms with van der Waals surface area (Å²) in [4.78, 5) is 2.60. The zero-order chi connectivity index (χ0) is 13.1. The summed E-state index contributed by atoms with van der Waals surface area (Å²) in [6.45, 7) is 4.65. The summed E-state index contributed by atoms with van der Waals surface area (Å²) >= 11 is 0. The van der Waals surface area contributed by atoms with Crippen LogP contribution in [0.3, 0.4) is 0 Å². The molecule has 1 saturated heterocycles. The van der Waals surface area contributed by atoms with E-state index in [0.29, 0.717) is 5.41 Å². The molecule has 2 N–H and O–H groups in total. The lowest BCUT2D eigenvalue weighted by molar-refractivity contribution is 0.173. The summed E-state index contributed by atoms with van der Waals surface area (Å²) in [6, 6.07) is 0. The normalized spacial score (nSPS) is 34.5. The van der Waals surface area contributed by atoms with Gasteiger partial charge in [-0.1, -0.05) is 24.3 Å². The molecule has 2 atom stereocenters. The molecular formula is C17H28N2. The molecule has 1 aliphatic heterocycles. The lowest BCUT2D eigenvalue weighted by atomic mass is 9.85. The van der Waals surface area contributed by atoms with Gasteiger partial charge in [-0.3, -0.25) is 0 Å². The Morgan fingerprint density at radius 1 is 1.21 bits per heavy atom. The van der Waals surface area contributed by atoms with E-state index in [2.05, 4.69) is 29.2 Å². The van der Waals surface area contributed by atoms with Gasteiger partial charge >= 0.3 is 0 Å². The molecule has 19 heavy (non-hydrogen) atoms. The van der Waals surface area contributed by atoms with Crippen molar-refractivity contribution >= 4 is 0 Å². The van der Waals surface area contributed by atoms with Gasteiger partial charge in [0.25, 0.3) is 0 Å². The molecule has 3 rings (SSSR count). The number of nitrogens with two attached hydrogens (primary N) is 1. The minimum Gasteiger partial charge on any atom is -0.330 e. The van der Waals surface area contributed by atoms with Gasteiger partial charge in [0.15, 0.2) is 0 Å². The molecule has 2 unspecified atom stereocenters. The molecule has 2 nitrogen and oxygen atoms in total. The quantitative estimate of drug-likeness (QED) is 0.795. The first-order valence-corrected chi connectivity index (χ1v) is 8.11. The maximum absolute atomic E-state index is 5.58. The van der Waals surface area contributed by atoms with E-state index in [0.717, 1.165) is 24.8 Å². The number of likely N-dealkylation sites (tertiary alicyclic amines) is 1. The molecule has 0 aromatic carbocycles. The first-order chi connectivity index (χ1) is 9.32. The van der Waals surface area contributed by atoms with Gasteiger partial charge in [-0.15, -0.1) is 0 Å². The molecule has 0 spiro atoms. The third-order valence-electron chi connectivity index (χ3n) is 5.46. The summed E-state index contributed by atoms with van der Waals surface area (Å²) in [5, 5.41) is 0. The highest BCUT2D eigenvalue weighted by Crippen LogP contribution is 2.59. The molecule has 1 saturated carbocycles. The standard InChI is InChI=1S/C17H28N2/c18-10-3-11-19-12-6-15(7-13-19)5-9-17-8-2-1-4-16(17)14-17/h1-2,4,8,15-16H,3,5-7,9-14,18H2. The van der Waals surface area contributed by atoms with E-state index in [9.17, 15) is 0 Å². The van der Waals surface area contributed by atoms with Crippen LogP contribution in [0, 0.1) is 17.3 Å². The Bertz CT molecular complexity index is 352. The van der Waals surface area contributed by atoms with Crippen LogP contribution in [0.4, 0.5) is 0 Å². The zero-order valence-electron chi connectivity index (χ0n) is 12.1. The lowest BCUT2D eigenvalue weighted by Gasteiger charge is -2.32. The predicted octanol–water partition coefficient (Wildman–Crippen LogP) is 2.96. The van der Waals surface area contributed by atoms with Crippen LogP contribution in [0.1, 0.15) is 38.5 Å². The first-order valence-electron chi connectivity index (χ1n) is 8.11. The third kappa shape index (κ3) is 3.11. The van der Waals surface area contributed by atoms with Crippen LogP contribution >= 0.6 is 0 Å². The van der Waals surface area contributed by atoms with Gasteiger partial charge in [-0.05, 0) is 82.0 Å². The third-order valence-corrected chi connectivity index (χ3v) is 5.46. The van der Waals surface area contributed by atoms with E-state index in [1.54, 1.807) is 0 Å². The molecule has 0 aromatic heterocycles. The summed E-state index contributed by atoms with van der Waals surface area (Å²) in [7, 11) is 0. The van der Waals surface area contributed by atoms with E-state index in [-0.39, 0.29) is 0 Å². The van der Waals surface area contributed by atoms with E-state index in [4.69, 9.17) is 5.73 Å². The van der Waals surface area contributed by atoms with Crippen LogP contribution in [-0.2, 0) is 0 Å². The minimum absolute atomic E-state index is 0.589. The molecule has 3 aliphatic rings. The van der Waals surface area contributed by atoms with Crippen LogP contribution in [0.15, 0.2) is 24.3 Å². The summed E-state index contributed by atoms with van der Waals surface area (Å²) in [5.74, 6) is 1.85. The van der Waals surface area contributed by atoms with Crippen LogP contribution < -0.4 is 5.73 Å². The number of nitrogens with zero attached hydrogens (tertiary/aromatic N) is 1. The van der Waals surface area contributed by atoms with Crippen molar-refractivity contribution in [1.29, 1.82) is 0 Å². The van der Waals surface area contributed by atoms with Crippen molar-refractivity contribution in [2.75, 3.05) is 26.2 Å². The topological polar surface area (TPSA) is 29.3 Å². The van der Waals surface area contributed by atoms with E-state index in [1.807, 2.05) is 0 Å². The number of allylic oxidation sites excluding steroid dienone is 4. The summed E-state index contributed by atoms with van der Waals surface area (Å²) in [6.07, 6.45) is 17.6. The van der Waals surface area contributed by atoms with Gasteiger partial charge < -0.3 is 10.6 Å². The van der Waals surface area contributed by atoms with E-state index >= 15 is 0 Å². The van der Waals surface area contributed by atoms with Crippen molar-refractivity contribution in [3.05, 3.63) is 24.3 Å². The SMILES string of the molecule is NCCCN1CCC(CCC23C=CC=CC2C3)CC1. The fourth-order valence-corrected chi connectivity index (χ4v) is 3.90. The molecule has 0 aromatic rings. The van der Waals surface area contributed by atoms with Gasteiger partial charge in [0.05, 0.1) is 0 Å². The average molecular weight is 260 g/mol. The Labute approximate surface area is 117 Å². The molecule has 106 valence electrons. The predicted molar refractivity (Wildman–Crippen MR) is 80.9 cm³/mol. The maximum atomic E-state index is 5.58. The van der Waals surface area contributed by atoms with Gasteiger partial charge in [0, 0.05) is 0 Å². The smallest absolute Gasteiger partial charge is 0.000671 e. The van der Waals surface area contributed by atoms with Crippen molar-refractivity contribution in [2.24, 2.45) is 23.0 Å². The average Bonchev–Trinajstić information content (AvgIpc) is 3.19. The van der Waals surface area contributed by atoms with Gasteiger partial charge in [0.2, 0.25) is 0 Å². The highest BCUT2D eigenvalue weighted by molar-refractivity contribution is 5.29. The number of hydrogen-bond acceptors (Lipinski definition) is 2. The minimum atomic E-state index is 0.589. The van der Waals surface area contributed by atoms with E-state index < -0.39 is 0 Å². The van der Waals surface area contributed by atoms with E-state index in [1.165, 1.54) is 51.7 Å². The summed E-state index contributed by atoms with van der Waals surface area (Å²) in [5.41, 5.74) is 6.17. The van der Waals surface area contributed by atoms with Crippen molar-refractivity contribution in [1.82, 2.24) is 4.90 Å². The Morgan fingerprint density at radius 3 is 2.79 bits per heavy atom. The van der Waals surface area contributed by atoms with Gasteiger partial charge in [0.1, 0.15) is 0 Å². The second-order valence-electron chi connectivity index (χ2n) is 6.75. The van der Waals surface area contributed by atoms with Crippen molar-refractivity contribution in [2.45, 2.75) is 38.5 Å². The number of fused-ring (bicyclic) bond motifs is 1. The van der Waals surface area contributed by atoms with Crippen molar-refractivity contribution < 1.29 is 0 Å². The monoisotopic (exact) mass is 260 g/mol. The van der Waals surface area contributed by atoms with Crippen molar-refractivity contribution in [3.63, 3.8) is 0 Å². The molecule has 0 radical (unpaired) electrons. The Hall–Kier alpha value is -0.600. The Kier molecular flexibility index (Phi) is 4.09. The summed E-state index contributed by atoms with van der Waals surface area (Å²) < 4.78 is 0. The largest absolute Gasteiger partial charge is 0.330 e. The van der Waals surface area contributed by atoms with Crippen LogP contribution in [-0.4, -0.2) is 31.1 Å². The lowest BCUT2D eigenvalue weighted by Crippen LogP contribution is -2.35. The maximum Gasteiger partial charge on any atom is -0.000671 e. The molecule has 0 bridgehead atoms. The molecular weight excluding hydrogens is 232 g/mol. The van der Waals surface area contributed by atoms with Gasteiger partial charge in [-0.2, -0.15) is 0 Å². The van der Waals surface area contributed by atoms with Crippen molar-refractivity contribution in [3.8, 4) is 0 Å². The molecule has 0 amide bonds.